The summed E-state index contributed by atoms with van der Waals surface area (Å²) in [4.78, 5) is 0.152. The third-order valence-electron chi connectivity index (χ3n) is 2.33. The van der Waals surface area contributed by atoms with Crippen LogP contribution >= 0.6 is 28.1 Å². The van der Waals surface area contributed by atoms with Crippen molar-refractivity contribution in [2.24, 2.45) is 5.73 Å². The zero-order valence-electron chi connectivity index (χ0n) is 9.49. The first-order chi connectivity index (χ1) is 8.97. The molecule has 0 aromatic heterocycles. The topological polar surface area (TPSA) is 35.2 Å². The van der Waals surface area contributed by atoms with Crippen molar-refractivity contribution in [2.75, 3.05) is 0 Å². The van der Waals surface area contributed by atoms with Gasteiger partial charge in [0, 0.05) is 10.5 Å². The van der Waals surface area contributed by atoms with Crippen LogP contribution in [0, 0.1) is 11.6 Å². The number of hydrogen-bond donors (Lipinski definition) is 1. The molecule has 0 unspecified atom stereocenters. The van der Waals surface area contributed by atoms with E-state index in [1.807, 2.05) is 0 Å². The Morgan fingerprint density at radius 2 is 1.84 bits per heavy atom. The summed E-state index contributed by atoms with van der Waals surface area (Å²) in [5.41, 5.74) is 6.10. The molecule has 0 amide bonds. The van der Waals surface area contributed by atoms with Crippen molar-refractivity contribution < 1.29 is 13.5 Å². The van der Waals surface area contributed by atoms with Crippen LogP contribution < -0.4 is 10.5 Å². The predicted octanol–water partition coefficient (Wildman–Crippen LogP) is 4.15. The zero-order chi connectivity index (χ0) is 14.0. The van der Waals surface area contributed by atoms with Crippen molar-refractivity contribution in [2.45, 2.75) is 0 Å². The number of rotatable bonds is 3. The average Bonchev–Trinajstić information content (AvgIpc) is 2.36. The van der Waals surface area contributed by atoms with Crippen LogP contribution in [0.2, 0.25) is 0 Å². The van der Waals surface area contributed by atoms with Crippen LogP contribution in [-0.4, -0.2) is 4.99 Å². The second kappa shape index (κ2) is 5.63. The first kappa shape index (κ1) is 13.9. The number of ether oxygens (including phenoxy) is 1. The van der Waals surface area contributed by atoms with Gasteiger partial charge in [-0.3, -0.25) is 0 Å². The zero-order valence-corrected chi connectivity index (χ0v) is 11.9. The molecule has 19 heavy (non-hydrogen) atoms. The minimum absolute atomic E-state index is 0.152. The molecule has 0 aliphatic rings. The Morgan fingerprint density at radius 3 is 2.47 bits per heavy atom. The maximum atomic E-state index is 13.1. The lowest BCUT2D eigenvalue weighted by Crippen LogP contribution is -2.10. The summed E-state index contributed by atoms with van der Waals surface area (Å²) in [5, 5.41) is 0. The second-order valence-electron chi connectivity index (χ2n) is 3.68. The van der Waals surface area contributed by atoms with Crippen molar-refractivity contribution >= 4 is 33.1 Å². The van der Waals surface area contributed by atoms with Gasteiger partial charge in [-0.2, -0.15) is 0 Å². The minimum atomic E-state index is -0.980. The Hall–Kier alpha value is -1.53. The summed E-state index contributed by atoms with van der Waals surface area (Å²) < 4.78 is 32.2. The van der Waals surface area contributed by atoms with Gasteiger partial charge in [0.15, 0.2) is 11.6 Å². The van der Waals surface area contributed by atoms with Crippen LogP contribution in [-0.2, 0) is 0 Å². The first-order valence-corrected chi connectivity index (χ1v) is 6.40. The number of thiocarbonyl (C=S) groups is 1. The van der Waals surface area contributed by atoms with Crippen molar-refractivity contribution in [1.82, 2.24) is 0 Å². The number of nitrogens with two attached hydrogens (primary N) is 1. The number of halogens is 3. The van der Waals surface area contributed by atoms with Crippen LogP contribution in [0.1, 0.15) is 5.56 Å². The molecule has 2 aromatic rings. The molecule has 6 heteroatoms. The van der Waals surface area contributed by atoms with Gasteiger partial charge >= 0.3 is 0 Å². The van der Waals surface area contributed by atoms with Gasteiger partial charge in [0.2, 0.25) is 0 Å². The highest BCUT2D eigenvalue weighted by atomic mass is 79.9. The number of hydrogen-bond acceptors (Lipinski definition) is 2. The highest BCUT2D eigenvalue weighted by Crippen LogP contribution is 2.28. The average molecular weight is 344 g/mol. The van der Waals surface area contributed by atoms with Gasteiger partial charge in [-0.15, -0.1) is 0 Å². The Morgan fingerprint density at radius 1 is 1.11 bits per heavy atom. The van der Waals surface area contributed by atoms with Crippen molar-refractivity contribution in [3.05, 3.63) is 58.1 Å². The molecular formula is C13H8BrF2NOS. The molecule has 0 saturated heterocycles. The molecule has 0 spiro atoms. The maximum absolute atomic E-state index is 13.1. The molecule has 2 nitrogen and oxygen atoms in total. The fourth-order valence-electron chi connectivity index (χ4n) is 1.45. The summed E-state index contributed by atoms with van der Waals surface area (Å²) in [6, 6.07) is 8.34. The quantitative estimate of drug-likeness (QED) is 0.850. The van der Waals surface area contributed by atoms with Gasteiger partial charge < -0.3 is 10.5 Å². The van der Waals surface area contributed by atoms with E-state index in [4.69, 9.17) is 22.7 Å². The fraction of sp³-hybridized carbons (Fsp3) is 0. The van der Waals surface area contributed by atoms with Gasteiger partial charge in [-0.25, -0.2) is 8.78 Å². The van der Waals surface area contributed by atoms with Crippen molar-refractivity contribution in [3.63, 3.8) is 0 Å². The largest absolute Gasteiger partial charge is 0.457 e. The summed E-state index contributed by atoms with van der Waals surface area (Å²) in [6.07, 6.45) is 0. The van der Waals surface area contributed by atoms with Gasteiger partial charge in [0.1, 0.15) is 16.5 Å². The van der Waals surface area contributed by atoms with Gasteiger partial charge in [-0.05, 0) is 30.3 Å². The Kier molecular flexibility index (Phi) is 4.11. The molecule has 0 bridgehead atoms. The molecule has 0 aliphatic heterocycles. The fourth-order valence-corrected chi connectivity index (χ4v) is 1.97. The molecule has 2 aromatic carbocycles. The summed E-state index contributed by atoms with van der Waals surface area (Å²) in [6.45, 7) is 0. The van der Waals surface area contributed by atoms with E-state index in [-0.39, 0.29) is 10.7 Å². The van der Waals surface area contributed by atoms with Gasteiger partial charge in [0.25, 0.3) is 0 Å². The smallest absolute Gasteiger partial charge is 0.162 e. The van der Waals surface area contributed by atoms with Crippen LogP contribution in [0.25, 0.3) is 0 Å². The van der Waals surface area contributed by atoms with E-state index < -0.39 is 11.6 Å². The lowest BCUT2D eigenvalue weighted by molar-refractivity contribution is 0.461. The van der Waals surface area contributed by atoms with E-state index in [2.05, 4.69) is 15.9 Å². The molecule has 98 valence electrons. The van der Waals surface area contributed by atoms with Crippen LogP contribution in [0.5, 0.6) is 11.5 Å². The molecule has 0 heterocycles. The third kappa shape index (κ3) is 3.27. The van der Waals surface area contributed by atoms with E-state index in [1.54, 1.807) is 18.2 Å². The molecular weight excluding hydrogens is 336 g/mol. The minimum Gasteiger partial charge on any atom is -0.457 e. The van der Waals surface area contributed by atoms with E-state index in [9.17, 15) is 8.78 Å². The highest BCUT2D eigenvalue weighted by molar-refractivity contribution is 9.10. The van der Waals surface area contributed by atoms with Gasteiger partial charge in [-0.1, -0.05) is 28.1 Å². The Balaban J connectivity index is 2.37. The molecule has 0 radical (unpaired) electrons. The van der Waals surface area contributed by atoms with Crippen LogP contribution in [0.4, 0.5) is 8.78 Å². The third-order valence-corrected chi connectivity index (χ3v) is 3.04. The molecule has 0 atom stereocenters. The molecule has 2 N–H and O–H groups in total. The lowest BCUT2D eigenvalue weighted by Gasteiger charge is -2.11. The van der Waals surface area contributed by atoms with Crippen molar-refractivity contribution in [3.8, 4) is 11.5 Å². The monoisotopic (exact) mass is 343 g/mol. The standard InChI is InChI=1S/C13H8BrF2NOS/c14-7-1-4-12(9(5-7)13(17)19)18-8-2-3-10(15)11(16)6-8/h1-6H,(H2,17,19). The van der Waals surface area contributed by atoms with Crippen molar-refractivity contribution in [1.29, 1.82) is 0 Å². The van der Waals surface area contributed by atoms with E-state index in [1.165, 1.54) is 6.07 Å². The van der Waals surface area contributed by atoms with Crippen LogP contribution in [0.3, 0.4) is 0 Å². The summed E-state index contributed by atoms with van der Waals surface area (Å²) >= 11 is 8.21. The Labute approximate surface area is 122 Å². The van der Waals surface area contributed by atoms with Gasteiger partial charge in [0.05, 0.1) is 5.56 Å². The molecule has 2 rings (SSSR count). The van der Waals surface area contributed by atoms with E-state index in [0.29, 0.717) is 11.3 Å². The Bertz CT molecular complexity index is 649. The molecule has 0 saturated carbocycles. The van der Waals surface area contributed by atoms with Crippen LogP contribution in [0.15, 0.2) is 40.9 Å². The second-order valence-corrected chi connectivity index (χ2v) is 5.04. The summed E-state index contributed by atoms with van der Waals surface area (Å²) in [5.74, 6) is -1.37. The molecule has 0 aliphatic carbocycles. The maximum Gasteiger partial charge on any atom is 0.162 e. The molecule has 0 fully saturated rings. The predicted molar refractivity (Wildman–Crippen MR) is 76.5 cm³/mol. The summed E-state index contributed by atoms with van der Waals surface area (Å²) in [7, 11) is 0. The lowest BCUT2D eigenvalue weighted by atomic mass is 10.2. The van der Waals surface area contributed by atoms with E-state index >= 15 is 0 Å². The highest BCUT2D eigenvalue weighted by Gasteiger charge is 2.10. The van der Waals surface area contributed by atoms with E-state index in [0.717, 1.165) is 16.6 Å². The first-order valence-electron chi connectivity index (χ1n) is 5.19. The normalized spacial score (nSPS) is 10.3. The number of benzene rings is 2. The SMILES string of the molecule is NC(=S)c1cc(Br)ccc1Oc1ccc(F)c(F)c1.